The first-order valence-electron chi connectivity index (χ1n) is 8.41. The van der Waals surface area contributed by atoms with Crippen molar-refractivity contribution in [3.05, 3.63) is 48.0 Å². The molecule has 134 valence electrons. The summed E-state index contributed by atoms with van der Waals surface area (Å²) in [5.41, 5.74) is 1.53. The van der Waals surface area contributed by atoms with Crippen LogP contribution in [-0.2, 0) is 0 Å². The highest BCUT2D eigenvalue weighted by Gasteiger charge is 2.37. The van der Waals surface area contributed by atoms with Gasteiger partial charge in [-0.25, -0.2) is 9.07 Å². The molecule has 3 heterocycles. The first kappa shape index (κ1) is 16.6. The van der Waals surface area contributed by atoms with Crippen molar-refractivity contribution in [2.45, 2.75) is 25.6 Å². The molecule has 7 nitrogen and oxygen atoms in total. The summed E-state index contributed by atoms with van der Waals surface area (Å²) in [5.74, 6) is -0.408. The number of aliphatic hydroxyl groups excluding tert-OH is 1. The Hall–Kier alpha value is -2.87. The van der Waals surface area contributed by atoms with Crippen molar-refractivity contribution in [3.8, 4) is 5.69 Å². The highest BCUT2D eigenvalue weighted by atomic mass is 19.1. The van der Waals surface area contributed by atoms with Gasteiger partial charge in [-0.15, -0.1) is 5.10 Å². The Morgan fingerprint density at radius 3 is 3.04 bits per heavy atom. The standard InChI is InChI=1S/C18H18FN5O2/c1-11-17(18(26)23-9-13(19)7-14(23)10-25)21-22-24(11)16-4-2-3-12-8-20-6-5-15(12)16/h2-6,8,13-14,25H,7,9-10H2,1H3/t13-,14-/m0/s1. The highest BCUT2D eigenvalue weighted by Crippen LogP contribution is 2.25. The highest BCUT2D eigenvalue weighted by molar-refractivity contribution is 5.94. The Morgan fingerprint density at radius 1 is 1.38 bits per heavy atom. The quantitative estimate of drug-likeness (QED) is 0.773. The molecule has 26 heavy (non-hydrogen) atoms. The molecule has 2 aromatic heterocycles. The van der Waals surface area contributed by atoms with Crippen LogP contribution in [0.1, 0.15) is 22.6 Å². The van der Waals surface area contributed by atoms with Crippen molar-refractivity contribution in [2.24, 2.45) is 0 Å². The van der Waals surface area contributed by atoms with Gasteiger partial charge in [-0.2, -0.15) is 0 Å². The molecule has 0 unspecified atom stereocenters. The number of fused-ring (bicyclic) bond motifs is 1. The van der Waals surface area contributed by atoms with Crippen LogP contribution in [0, 0.1) is 6.92 Å². The lowest BCUT2D eigenvalue weighted by Crippen LogP contribution is -2.38. The number of carbonyl (C=O) groups is 1. The molecule has 0 saturated carbocycles. The molecule has 1 fully saturated rings. The predicted molar refractivity (Wildman–Crippen MR) is 92.8 cm³/mol. The minimum Gasteiger partial charge on any atom is -0.394 e. The van der Waals surface area contributed by atoms with Crippen LogP contribution >= 0.6 is 0 Å². The number of likely N-dealkylation sites (tertiary alicyclic amines) is 1. The summed E-state index contributed by atoms with van der Waals surface area (Å²) < 4.78 is 15.3. The summed E-state index contributed by atoms with van der Waals surface area (Å²) in [4.78, 5) is 18.3. The molecule has 1 aromatic carbocycles. The van der Waals surface area contributed by atoms with E-state index in [9.17, 15) is 14.3 Å². The Bertz CT molecular complexity index is 968. The van der Waals surface area contributed by atoms with Gasteiger partial charge >= 0.3 is 0 Å². The van der Waals surface area contributed by atoms with Gasteiger partial charge in [0.1, 0.15) is 6.17 Å². The van der Waals surface area contributed by atoms with E-state index in [0.29, 0.717) is 5.69 Å². The largest absolute Gasteiger partial charge is 0.394 e. The van der Waals surface area contributed by atoms with Crippen LogP contribution in [-0.4, -0.2) is 61.3 Å². The van der Waals surface area contributed by atoms with E-state index in [-0.39, 0.29) is 25.3 Å². The molecule has 3 aromatic rings. The number of benzene rings is 1. The van der Waals surface area contributed by atoms with Crippen molar-refractivity contribution in [2.75, 3.05) is 13.2 Å². The van der Waals surface area contributed by atoms with Crippen molar-refractivity contribution in [3.63, 3.8) is 0 Å². The van der Waals surface area contributed by atoms with Gasteiger partial charge in [0.15, 0.2) is 5.69 Å². The number of pyridine rings is 1. The number of halogens is 1. The van der Waals surface area contributed by atoms with Crippen LogP contribution in [0.4, 0.5) is 4.39 Å². The predicted octanol–water partition coefficient (Wildman–Crippen LogP) is 1.67. The minimum absolute atomic E-state index is 0.0315. The van der Waals surface area contributed by atoms with Crippen LogP contribution < -0.4 is 0 Å². The van der Waals surface area contributed by atoms with Crippen molar-refractivity contribution < 1.29 is 14.3 Å². The fraction of sp³-hybridized carbons (Fsp3) is 0.333. The summed E-state index contributed by atoms with van der Waals surface area (Å²) in [6.45, 7) is 1.45. The maximum absolute atomic E-state index is 13.7. The fourth-order valence-electron chi connectivity index (χ4n) is 3.46. The average Bonchev–Trinajstić information content (AvgIpc) is 3.23. The first-order valence-corrected chi connectivity index (χ1v) is 8.41. The normalized spacial score (nSPS) is 20.0. The number of nitrogens with zero attached hydrogens (tertiary/aromatic N) is 5. The number of aliphatic hydroxyl groups is 1. The number of alkyl halides is 1. The Morgan fingerprint density at radius 2 is 2.23 bits per heavy atom. The van der Waals surface area contributed by atoms with E-state index in [1.165, 1.54) is 4.90 Å². The van der Waals surface area contributed by atoms with Gasteiger partial charge in [-0.1, -0.05) is 17.3 Å². The maximum atomic E-state index is 13.7. The third-order valence-corrected chi connectivity index (χ3v) is 4.82. The average molecular weight is 355 g/mol. The number of amides is 1. The second-order valence-corrected chi connectivity index (χ2v) is 6.44. The molecule has 0 aliphatic carbocycles. The topological polar surface area (TPSA) is 84.1 Å². The summed E-state index contributed by atoms with van der Waals surface area (Å²) in [6.07, 6.45) is 2.47. The van der Waals surface area contributed by atoms with E-state index in [1.807, 2.05) is 24.3 Å². The molecule has 1 N–H and O–H groups in total. The zero-order valence-electron chi connectivity index (χ0n) is 14.2. The van der Waals surface area contributed by atoms with Crippen LogP contribution in [0.15, 0.2) is 36.7 Å². The zero-order valence-corrected chi connectivity index (χ0v) is 14.2. The molecule has 1 aliphatic heterocycles. The number of carbonyl (C=O) groups excluding carboxylic acids is 1. The lowest BCUT2D eigenvalue weighted by Gasteiger charge is -2.21. The van der Waals surface area contributed by atoms with Crippen molar-refractivity contribution in [1.29, 1.82) is 0 Å². The van der Waals surface area contributed by atoms with E-state index in [4.69, 9.17) is 0 Å². The minimum atomic E-state index is -1.13. The van der Waals surface area contributed by atoms with Crippen molar-refractivity contribution in [1.82, 2.24) is 24.9 Å². The summed E-state index contributed by atoms with van der Waals surface area (Å²) in [6, 6.07) is 7.08. The molecule has 1 amide bonds. The molecular formula is C18H18FN5O2. The van der Waals surface area contributed by atoms with Gasteiger partial charge in [0.05, 0.1) is 30.6 Å². The molecular weight excluding hydrogens is 337 g/mol. The van der Waals surface area contributed by atoms with E-state index in [0.717, 1.165) is 16.5 Å². The SMILES string of the molecule is Cc1c(C(=O)N2C[C@@H](F)C[C@H]2CO)nnn1-c1cccc2cnccc12. The molecule has 0 radical (unpaired) electrons. The van der Waals surface area contributed by atoms with Gasteiger partial charge in [-0.05, 0) is 19.1 Å². The number of aromatic nitrogens is 4. The van der Waals surface area contributed by atoms with Crippen LogP contribution in [0.2, 0.25) is 0 Å². The molecule has 1 aliphatic rings. The Kier molecular flexibility index (Phi) is 4.12. The second kappa shape index (κ2) is 6.45. The number of hydrogen-bond acceptors (Lipinski definition) is 5. The van der Waals surface area contributed by atoms with E-state index in [2.05, 4.69) is 15.3 Å². The van der Waals surface area contributed by atoms with Crippen LogP contribution in [0.5, 0.6) is 0 Å². The molecule has 2 atom stereocenters. The molecule has 4 rings (SSSR count). The molecule has 0 spiro atoms. The van der Waals surface area contributed by atoms with Gasteiger partial charge in [0.25, 0.3) is 5.91 Å². The van der Waals surface area contributed by atoms with Gasteiger partial charge in [0, 0.05) is 29.6 Å². The lowest BCUT2D eigenvalue weighted by atomic mass is 10.1. The van der Waals surface area contributed by atoms with Crippen LogP contribution in [0.3, 0.4) is 0 Å². The lowest BCUT2D eigenvalue weighted by molar-refractivity contribution is 0.0666. The molecule has 0 bridgehead atoms. The third kappa shape index (κ3) is 2.62. The second-order valence-electron chi connectivity index (χ2n) is 6.44. The summed E-state index contributed by atoms with van der Waals surface area (Å²) in [5, 5.41) is 19.5. The summed E-state index contributed by atoms with van der Waals surface area (Å²) in [7, 11) is 0. The van der Waals surface area contributed by atoms with Crippen LogP contribution in [0.25, 0.3) is 16.5 Å². The third-order valence-electron chi connectivity index (χ3n) is 4.82. The van der Waals surface area contributed by atoms with E-state index >= 15 is 0 Å². The smallest absolute Gasteiger partial charge is 0.276 e. The van der Waals surface area contributed by atoms with Gasteiger partial charge < -0.3 is 10.0 Å². The number of hydrogen-bond donors (Lipinski definition) is 1. The monoisotopic (exact) mass is 355 g/mol. The van der Waals surface area contributed by atoms with E-state index < -0.39 is 18.1 Å². The molecule has 1 saturated heterocycles. The van der Waals surface area contributed by atoms with E-state index in [1.54, 1.807) is 24.0 Å². The Balaban J connectivity index is 1.74. The maximum Gasteiger partial charge on any atom is 0.276 e. The first-order chi connectivity index (χ1) is 12.6. The van der Waals surface area contributed by atoms with Gasteiger partial charge in [0.2, 0.25) is 0 Å². The fourth-order valence-corrected chi connectivity index (χ4v) is 3.46. The summed E-state index contributed by atoms with van der Waals surface area (Å²) >= 11 is 0. The molecule has 8 heteroatoms. The van der Waals surface area contributed by atoms with Crippen molar-refractivity contribution >= 4 is 16.7 Å². The van der Waals surface area contributed by atoms with Gasteiger partial charge in [-0.3, -0.25) is 9.78 Å². The number of rotatable bonds is 3. The zero-order chi connectivity index (χ0) is 18.3. The Labute approximate surface area is 149 Å².